The van der Waals surface area contributed by atoms with E-state index in [9.17, 15) is 0 Å². The van der Waals surface area contributed by atoms with Gasteiger partial charge in [0.25, 0.3) is 0 Å². The number of ether oxygens (including phenoxy) is 1. The lowest BCUT2D eigenvalue weighted by atomic mass is 9.88. The Morgan fingerprint density at radius 2 is 1.94 bits per heavy atom. The number of methoxy groups -OCH3 is 1. The Hall–Kier alpha value is -0.500. The van der Waals surface area contributed by atoms with Gasteiger partial charge in [-0.1, -0.05) is 54.4 Å². The van der Waals surface area contributed by atoms with E-state index < -0.39 is 0 Å². The summed E-state index contributed by atoms with van der Waals surface area (Å²) in [6, 6.07) is 6.32. The van der Waals surface area contributed by atoms with Gasteiger partial charge in [-0.2, -0.15) is 0 Å². The van der Waals surface area contributed by atoms with Crippen molar-refractivity contribution >= 4 is 15.9 Å². The zero-order valence-electron chi connectivity index (χ0n) is 10.8. The van der Waals surface area contributed by atoms with Gasteiger partial charge in [-0.15, -0.1) is 0 Å². The predicted molar refractivity (Wildman–Crippen MR) is 73.5 cm³/mol. The topological polar surface area (TPSA) is 9.23 Å². The molecular weight excluding hydrogens is 264 g/mol. The van der Waals surface area contributed by atoms with E-state index in [1.807, 2.05) is 6.07 Å². The average molecular weight is 285 g/mol. The second-order valence-electron chi connectivity index (χ2n) is 5.48. The third-order valence-electron chi connectivity index (χ3n) is 2.51. The number of aryl methyl sites for hydroxylation is 1. The second kappa shape index (κ2) is 5.22. The molecule has 0 heterocycles. The fourth-order valence-electron chi connectivity index (χ4n) is 1.75. The molecule has 1 rings (SSSR count). The zero-order valence-corrected chi connectivity index (χ0v) is 12.4. The summed E-state index contributed by atoms with van der Waals surface area (Å²) >= 11 is 3.77. The molecule has 0 aliphatic heterocycles. The van der Waals surface area contributed by atoms with Gasteiger partial charge in [0.05, 0.1) is 7.11 Å². The maximum Gasteiger partial charge on any atom is 0.123 e. The minimum Gasteiger partial charge on any atom is -0.496 e. The molecular formula is C14H21BrO. The fraction of sp³-hybridized carbons (Fsp3) is 0.571. The quantitative estimate of drug-likeness (QED) is 0.719. The highest BCUT2D eigenvalue weighted by atomic mass is 79.9. The Balaban J connectivity index is 2.97. The standard InChI is InChI=1S/C14H21BrO/c1-10-6-7-13(16-5)11(8-10)12(15)9-14(2,3)4/h6-8,12H,9H2,1-5H3. The lowest BCUT2D eigenvalue weighted by Crippen LogP contribution is -2.09. The number of hydrogen-bond acceptors (Lipinski definition) is 1. The molecule has 0 spiro atoms. The van der Waals surface area contributed by atoms with Crippen LogP contribution in [0.5, 0.6) is 5.75 Å². The average Bonchev–Trinajstić information content (AvgIpc) is 2.15. The number of benzene rings is 1. The van der Waals surface area contributed by atoms with Gasteiger partial charge in [-0.25, -0.2) is 0 Å². The van der Waals surface area contributed by atoms with Crippen LogP contribution in [0.4, 0.5) is 0 Å². The first kappa shape index (κ1) is 13.6. The summed E-state index contributed by atoms with van der Waals surface area (Å²) in [4.78, 5) is 0.349. The van der Waals surface area contributed by atoms with Crippen molar-refractivity contribution < 1.29 is 4.74 Å². The van der Waals surface area contributed by atoms with Crippen LogP contribution in [0.25, 0.3) is 0 Å². The number of halogens is 1. The third-order valence-corrected chi connectivity index (χ3v) is 3.33. The van der Waals surface area contributed by atoms with Crippen LogP contribution in [0.3, 0.4) is 0 Å². The van der Waals surface area contributed by atoms with E-state index in [4.69, 9.17) is 4.74 Å². The van der Waals surface area contributed by atoms with Crippen LogP contribution in [0.2, 0.25) is 0 Å². The Morgan fingerprint density at radius 3 is 2.44 bits per heavy atom. The fourth-order valence-corrected chi connectivity index (χ4v) is 3.08. The molecule has 1 aromatic carbocycles. The maximum absolute atomic E-state index is 5.41. The predicted octanol–water partition coefficient (Wildman–Crippen LogP) is 4.88. The smallest absolute Gasteiger partial charge is 0.123 e. The number of rotatable bonds is 3. The molecule has 0 aliphatic rings. The van der Waals surface area contributed by atoms with Crippen molar-refractivity contribution in [3.63, 3.8) is 0 Å². The lowest BCUT2D eigenvalue weighted by molar-refractivity contribution is 0.367. The molecule has 0 radical (unpaired) electrons. The van der Waals surface area contributed by atoms with Crippen LogP contribution in [0, 0.1) is 12.3 Å². The molecule has 1 unspecified atom stereocenters. The van der Waals surface area contributed by atoms with E-state index in [0.717, 1.165) is 12.2 Å². The summed E-state index contributed by atoms with van der Waals surface area (Å²) in [5, 5.41) is 0. The zero-order chi connectivity index (χ0) is 12.3. The van der Waals surface area contributed by atoms with E-state index in [0.29, 0.717) is 10.2 Å². The molecule has 0 saturated heterocycles. The van der Waals surface area contributed by atoms with Gasteiger partial charge < -0.3 is 4.74 Å². The van der Waals surface area contributed by atoms with Gasteiger partial charge in [0.15, 0.2) is 0 Å². The van der Waals surface area contributed by atoms with Crippen LogP contribution in [-0.4, -0.2) is 7.11 Å². The van der Waals surface area contributed by atoms with Crippen LogP contribution in [0.1, 0.15) is 43.1 Å². The highest BCUT2D eigenvalue weighted by Gasteiger charge is 2.20. The Bertz CT molecular complexity index is 352. The van der Waals surface area contributed by atoms with Crippen molar-refractivity contribution in [1.29, 1.82) is 0 Å². The largest absolute Gasteiger partial charge is 0.496 e. The Morgan fingerprint density at radius 1 is 1.31 bits per heavy atom. The molecule has 0 N–H and O–H groups in total. The van der Waals surface area contributed by atoms with Crippen LogP contribution < -0.4 is 4.74 Å². The van der Waals surface area contributed by atoms with E-state index in [1.165, 1.54) is 11.1 Å². The van der Waals surface area contributed by atoms with Crippen LogP contribution >= 0.6 is 15.9 Å². The maximum atomic E-state index is 5.41. The van der Waals surface area contributed by atoms with Crippen molar-refractivity contribution in [3.8, 4) is 5.75 Å². The molecule has 1 atom stereocenters. The minimum absolute atomic E-state index is 0.308. The molecule has 90 valence electrons. The Labute approximate surface area is 107 Å². The first-order valence-corrected chi connectivity index (χ1v) is 6.53. The van der Waals surface area contributed by atoms with E-state index >= 15 is 0 Å². The van der Waals surface area contributed by atoms with E-state index in [1.54, 1.807) is 7.11 Å². The molecule has 2 heteroatoms. The Kier molecular flexibility index (Phi) is 4.43. The highest BCUT2D eigenvalue weighted by Crippen LogP contribution is 2.39. The summed E-state index contributed by atoms with van der Waals surface area (Å²) in [7, 11) is 1.73. The van der Waals surface area contributed by atoms with Crippen molar-refractivity contribution in [2.75, 3.05) is 7.11 Å². The van der Waals surface area contributed by atoms with Crippen molar-refractivity contribution in [1.82, 2.24) is 0 Å². The molecule has 1 nitrogen and oxygen atoms in total. The molecule has 0 amide bonds. The van der Waals surface area contributed by atoms with Crippen LogP contribution in [-0.2, 0) is 0 Å². The van der Waals surface area contributed by atoms with E-state index in [2.05, 4.69) is 55.8 Å². The molecule has 0 bridgehead atoms. The summed E-state index contributed by atoms with van der Waals surface area (Å²) in [6.07, 6.45) is 1.09. The minimum atomic E-state index is 0.308. The summed E-state index contributed by atoms with van der Waals surface area (Å²) < 4.78 is 5.41. The van der Waals surface area contributed by atoms with Gasteiger partial charge in [-0.3, -0.25) is 0 Å². The molecule has 0 aromatic heterocycles. The molecule has 0 fully saturated rings. The number of alkyl halides is 1. The SMILES string of the molecule is COc1ccc(C)cc1C(Br)CC(C)(C)C. The van der Waals surface area contributed by atoms with Gasteiger partial charge in [0.1, 0.15) is 5.75 Å². The van der Waals surface area contributed by atoms with Crippen molar-refractivity contribution in [2.24, 2.45) is 5.41 Å². The summed E-state index contributed by atoms with van der Waals surface area (Å²) in [5.41, 5.74) is 2.83. The van der Waals surface area contributed by atoms with Gasteiger partial charge in [0.2, 0.25) is 0 Å². The van der Waals surface area contributed by atoms with Gasteiger partial charge in [-0.05, 0) is 24.8 Å². The molecule has 1 aromatic rings. The highest BCUT2D eigenvalue weighted by molar-refractivity contribution is 9.09. The lowest BCUT2D eigenvalue weighted by Gasteiger charge is -2.23. The van der Waals surface area contributed by atoms with E-state index in [-0.39, 0.29) is 0 Å². The molecule has 16 heavy (non-hydrogen) atoms. The molecule has 0 aliphatic carbocycles. The van der Waals surface area contributed by atoms with Crippen molar-refractivity contribution in [2.45, 2.75) is 38.9 Å². The third kappa shape index (κ3) is 3.82. The molecule has 0 saturated carbocycles. The normalized spacial score (nSPS) is 13.6. The van der Waals surface area contributed by atoms with Gasteiger partial charge >= 0.3 is 0 Å². The number of hydrogen-bond donors (Lipinski definition) is 0. The first-order chi connectivity index (χ1) is 7.33. The second-order valence-corrected chi connectivity index (χ2v) is 6.58. The summed E-state index contributed by atoms with van der Waals surface area (Å²) in [6.45, 7) is 8.87. The summed E-state index contributed by atoms with van der Waals surface area (Å²) in [5.74, 6) is 0.969. The van der Waals surface area contributed by atoms with Gasteiger partial charge in [0, 0.05) is 10.4 Å². The first-order valence-electron chi connectivity index (χ1n) is 5.62. The monoisotopic (exact) mass is 284 g/mol. The van der Waals surface area contributed by atoms with Crippen molar-refractivity contribution in [3.05, 3.63) is 29.3 Å². The van der Waals surface area contributed by atoms with Crippen LogP contribution in [0.15, 0.2) is 18.2 Å².